The van der Waals surface area contributed by atoms with E-state index in [1.54, 1.807) is 0 Å². The molecule has 1 aliphatic rings. The van der Waals surface area contributed by atoms with Crippen LogP contribution in [-0.4, -0.2) is 28.7 Å². The number of nitrogens with one attached hydrogen (secondary N) is 2. The van der Waals surface area contributed by atoms with Gasteiger partial charge in [-0.3, -0.25) is 10.1 Å². The SMILES string of the molecule is Cc1nnc(NC(=O)C2CCCCCN2)s1. The Labute approximate surface area is 98.7 Å². The highest BCUT2D eigenvalue weighted by Crippen LogP contribution is 2.15. The average molecular weight is 240 g/mol. The third-order valence-corrected chi connectivity index (χ3v) is 3.39. The van der Waals surface area contributed by atoms with Crippen LogP contribution >= 0.6 is 11.3 Å². The van der Waals surface area contributed by atoms with Gasteiger partial charge in [0.1, 0.15) is 5.01 Å². The lowest BCUT2D eigenvalue weighted by molar-refractivity contribution is -0.118. The van der Waals surface area contributed by atoms with Crippen molar-refractivity contribution in [1.29, 1.82) is 0 Å². The van der Waals surface area contributed by atoms with Crippen molar-refractivity contribution in [2.24, 2.45) is 0 Å². The van der Waals surface area contributed by atoms with Gasteiger partial charge in [-0.15, -0.1) is 10.2 Å². The van der Waals surface area contributed by atoms with Gasteiger partial charge in [0, 0.05) is 0 Å². The fourth-order valence-electron chi connectivity index (χ4n) is 1.79. The van der Waals surface area contributed by atoms with E-state index in [4.69, 9.17) is 0 Å². The van der Waals surface area contributed by atoms with Crippen LogP contribution in [0.2, 0.25) is 0 Å². The number of amides is 1. The minimum absolute atomic E-state index is 0.0121. The molecule has 1 unspecified atom stereocenters. The molecule has 88 valence electrons. The van der Waals surface area contributed by atoms with Gasteiger partial charge in [0.25, 0.3) is 0 Å². The summed E-state index contributed by atoms with van der Waals surface area (Å²) >= 11 is 1.40. The maximum atomic E-state index is 11.9. The number of hydrogen-bond donors (Lipinski definition) is 2. The highest BCUT2D eigenvalue weighted by molar-refractivity contribution is 7.15. The number of carbonyl (C=O) groups is 1. The average Bonchev–Trinajstić information content (AvgIpc) is 2.56. The summed E-state index contributed by atoms with van der Waals surface area (Å²) in [5.41, 5.74) is 0. The minimum atomic E-state index is -0.0771. The summed E-state index contributed by atoms with van der Waals surface area (Å²) in [6.07, 6.45) is 4.38. The summed E-state index contributed by atoms with van der Waals surface area (Å²) in [4.78, 5) is 11.9. The van der Waals surface area contributed by atoms with Crippen LogP contribution < -0.4 is 10.6 Å². The van der Waals surface area contributed by atoms with Gasteiger partial charge in [-0.25, -0.2) is 0 Å². The Morgan fingerprint density at radius 3 is 3.06 bits per heavy atom. The van der Waals surface area contributed by atoms with Gasteiger partial charge in [0.2, 0.25) is 11.0 Å². The molecule has 0 aliphatic carbocycles. The largest absolute Gasteiger partial charge is 0.306 e. The summed E-state index contributed by atoms with van der Waals surface area (Å²) in [5.74, 6) is 0.0121. The van der Waals surface area contributed by atoms with Crippen molar-refractivity contribution in [2.75, 3.05) is 11.9 Å². The summed E-state index contributed by atoms with van der Waals surface area (Å²) in [6.45, 7) is 2.80. The Morgan fingerprint density at radius 2 is 2.31 bits per heavy atom. The quantitative estimate of drug-likeness (QED) is 0.818. The lowest BCUT2D eigenvalue weighted by Gasteiger charge is -2.13. The molecule has 1 fully saturated rings. The molecular weight excluding hydrogens is 224 g/mol. The van der Waals surface area contributed by atoms with E-state index in [0.717, 1.165) is 30.8 Å². The van der Waals surface area contributed by atoms with Crippen LogP contribution in [0.5, 0.6) is 0 Å². The molecule has 1 amide bonds. The molecule has 0 aromatic carbocycles. The van der Waals surface area contributed by atoms with Crippen molar-refractivity contribution in [3.63, 3.8) is 0 Å². The Bertz CT molecular complexity index is 357. The van der Waals surface area contributed by atoms with Gasteiger partial charge in [0.15, 0.2) is 0 Å². The van der Waals surface area contributed by atoms with Gasteiger partial charge in [-0.1, -0.05) is 24.2 Å². The predicted molar refractivity (Wildman–Crippen MR) is 63.5 cm³/mol. The van der Waals surface area contributed by atoms with E-state index in [1.165, 1.54) is 17.8 Å². The molecule has 1 atom stereocenters. The van der Waals surface area contributed by atoms with Crippen LogP contribution in [0.15, 0.2) is 0 Å². The number of anilines is 1. The number of aromatic nitrogens is 2. The summed E-state index contributed by atoms with van der Waals surface area (Å²) in [6, 6.07) is -0.0771. The first-order valence-electron chi connectivity index (χ1n) is 5.60. The second-order valence-electron chi connectivity index (χ2n) is 3.97. The molecule has 1 aromatic rings. The first-order chi connectivity index (χ1) is 7.75. The third-order valence-electron chi connectivity index (χ3n) is 2.63. The zero-order valence-corrected chi connectivity index (χ0v) is 10.1. The molecule has 2 rings (SSSR count). The standard InChI is InChI=1S/C10H16N4OS/c1-7-13-14-10(16-7)12-9(15)8-5-3-2-4-6-11-8/h8,11H,2-6H2,1H3,(H,12,14,15). The van der Waals surface area contributed by atoms with E-state index in [9.17, 15) is 4.79 Å². The summed E-state index contributed by atoms with van der Waals surface area (Å²) in [7, 11) is 0. The molecule has 16 heavy (non-hydrogen) atoms. The molecular formula is C10H16N4OS. The molecule has 1 saturated heterocycles. The minimum Gasteiger partial charge on any atom is -0.306 e. The molecule has 0 bridgehead atoms. The molecule has 0 saturated carbocycles. The fourth-order valence-corrected chi connectivity index (χ4v) is 2.39. The molecule has 5 nitrogen and oxygen atoms in total. The van der Waals surface area contributed by atoms with Crippen molar-refractivity contribution >= 4 is 22.4 Å². The monoisotopic (exact) mass is 240 g/mol. The van der Waals surface area contributed by atoms with Gasteiger partial charge >= 0.3 is 0 Å². The second-order valence-corrected chi connectivity index (χ2v) is 5.15. The van der Waals surface area contributed by atoms with E-state index in [1.807, 2.05) is 6.92 Å². The van der Waals surface area contributed by atoms with Crippen LogP contribution in [0.3, 0.4) is 0 Å². The Balaban J connectivity index is 1.91. The summed E-state index contributed by atoms with van der Waals surface area (Å²) in [5, 5.41) is 15.3. The van der Waals surface area contributed by atoms with Gasteiger partial charge in [-0.2, -0.15) is 0 Å². The lowest BCUT2D eigenvalue weighted by atomic mass is 10.1. The Morgan fingerprint density at radius 1 is 1.44 bits per heavy atom. The van der Waals surface area contributed by atoms with Crippen LogP contribution in [-0.2, 0) is 4.79 Å². The highest BCUT2D eigenvalue weighted by Gasteiger charge is 2.20. The zero-order chi connectivity index (χ0) is 11.4. The van der Waals surface area contributed by atoms with Crippen molar-refractivity contribution in [3.8, 4) is 0 Å². The lowest BCUT2D eigenvalue weighted by Crippen LogP contribution is -2.39. The molecule has 0 spiro atoms. The number of aryl methyl sites for hydroxylation is 1. The molecule has 6 heteroatoms. The summed E-state index contributed by atoms with van der Waals surface area (Å²) < 4.78 is 0. The van der Waals surface area contributed by atoms with Crippen LogP contribution in [0, 0.1) is 6.92 Å². The maximum absolute atomic E-state index is 11.9. The fraction of sp³-hybridized carbons (Fsp3) is 0.700. The maximum Gasteiger partial charge on any atom is 0.243 e. The molecule has 0 radical (unpaired) electrons. The van der Waals surface area contributed by atoms with Gasteiger partial charge in [-0.05, 0) is 26.3 Å². The Kier molecular flexibility index (Phi) is 3.84. The molecule has 1 aliphatic heterocycles. The van der Waals surface area contributed by atoms with Gasteiger partial charge < -0.3 is 5.32 Å². The van der Waals surface area contributed by atoms with Crippen molar-refractivity contribution in [2.45, 2.75) is 38.6 Å². The van der Waals surface area contributed by atoms with E-state index >= 15 is 0 Å². The van der Waals surface area contributed by atoms with Gasteiger partial charge in [0.05, 0.1) is 6.04 Å². The first kappa shape index (κ1) is 11.5. The molecule has 2 heterocycles. The smallest absolute Gasteiger partial charge is 0.243 e. The zero-order valence-electron chi connectivity index (χ0n) is 9.32. The van der Waals surface area contributed by atoms with Crippen LogP contribution in [0.25, 0.3) is 0 Å². The third kappa shape index (κ3) is 2.99. The van der Waals surface area contributed by atoms with Crippen LogP contribution in [0.1, 0.15) is 30.7 Å². The number of rotatable bonds is 2. The number of nitrogens with zero attached hydrogens (tertiary/aromatic N) is 2. The topological polar surface area (TPSA) is 66.9 Å². The molecule has 1 aromatic heterocycles. The molecule has 2 N–H and O–H groups in total. The van der Waals surface area contributed by atoms with E-state index < -0.39 is 0 Å². The van der Waals surface area contributed by atoms with E-state index in [0.29, 0.717) is 5.13 Å². The highest BCUT2D eigenvalue weighted by atomic mass is 32.1. The van der Waals surface area contributed by atoms with E-state index in [-0.39, 0.29) is 11.9 Å². The first-order valence-corrected chi connectivity index (χ1v) is 6.42. The number of hydrogen-bond acceptors (Lipinski definition) is 5. The second kappa shape index (κ2) is 5.36. The normalized spacial score (nSPS) is 21.4. The van der Waals surface area contributed by atoms with Crippen molar-refractivity contribution in [1.82, 2.24) is 15.5 Å². The predicted octanol–water partition coefficient (Wildman–Crippen LogP) is 1.32. The van der Waals surface area contributed by atoms with Crippen molar-refractivity contribution in [3.05, 3.63) is 5.01 Å². The van der Waals surface area contributed by atoms with E-state index in [2.05, 4.69) is 20.8 Å². The Hall–Kier alpha value is -1.01. The van der Waals surface area contributed by atoms with Crippen LogP contribution in [0.4, 0.5) is 5.13 Å². The van der Waals surface area contributed by atoms with Crippen molar-refractivity contribution < 1.29 is 4.79 Å². The number of carbonyl (C=O) groups excluding carboxylic acids is 1.